The molecule has 1 saturated carbocycles. The number of rotatable bonds is 5. The summed E-state index contributed by atoms with van der Waals surface area (Å²) in [5, 5.41) is 0. The highest BCUT2D eigenvalue weighted by molar-refractivity contribution is 5.79. The van der Waals surface area contributed by atoms with Gasteiger partial charge in [-0.25, -0.2) is 0 Å². The summed E-state index contributed by atoms with van der Waals surface area (Å²) in [7, 11) is 0. The summed E-state index contributed by atoms with van der Waals surface area (Å²) in [5.41, 5.74) is 6.60. The second kappa shape index (κ2) is 5.57. The number of hydrogen-bond donors (Lipinski definition) is 1. The van der Waals surface area contributed by atoms with Gasteiger partial charge in [-0.3, -0.25) is 4.79 Å². The monoisotopic (exact) mass is 273 g/mol. The van der Waals surface area contributed by atoms with Crippen LogP contribution in [0, 0.1) is 11.8 Å². The molecular weight excluding hydrogens is 254 g/mol. The van der Waals surface area contributed by atoms with Crippen LogP contribution in [0.15, 0.2) is 47.8 Å². The zero-order chi connectivity index (χ0) is 13.9. The van der Waals surface area contributed by atoms with Crippen molar-refractivity contribution in [2.75, 3.05) is 0 Å². The molecule has 0 aromatic heterocycles. The zero-order valence-corrected chi connectivity index (χ0v) is 11.4. The van der Waals surface area contributed by atoms with E-state index < -0.39 is 0 Å². The topological polar surface area (TPSA) is 61.6 Å². The van der Waals surface area contributed by atoms with Gasteiger partial charge in [0.2, 0.25) is 5.91 Å². The lowest BCUT2D eigenvalue weighted by Crippen LogP contribution is -2.27. The number of amides is 1. The molecule has 0 aromatic rings. The van der Waals surface area contributed by atoms with E-state index in [1.165, 1.54) is 19.1 Å². The smallest absolute Gasteiger partial charge is 0.228 e. The summed E-state index contributed by atoms with van der Waals surface area (Å²) in [6, 6.07) is 0. The molecule has 20 heavy (non-hydrogen) atoms. The fraction of sp³-hybridized carbons (Fsp3) is 0.438. The van der Waals surface area contributed by atoms with Crippen LogP contribution in [0.3, 0.4) is 0 Å². The van der Waals surface area contributed by atoms with Gasteiger partial charge in [0.25, 0.3) is 0 Å². The van der Waals surface area contributed by atoms with Crippen molar-refractivity contribution in [2.45, 2.75) is 32.1 Å². The molecule has 1 aliphatic heterocycles. The standard InChI is InChI=1S/C16H19NO3/c17-16(18)13(8-11-6-7-11)15-10-19-9-14(20-15)12-4-2-1-3-5-12/h1-2,4,9-11,13H,3,5-8H2,(H2,17,18). The normalized spacial score (nSPS) is 22.9. The zero-order valence-electron chi connectivity index (χ0n) is 11.4. The van der Waals surface area contributed by atoms with Crippen LogP contribution < -0.4 is 5.73 Å². The molecule has 0 bridgehead atoms. The van der Waals surface area contributed by atoms with E-state index >= 15 is 0 Å². The molecular formula is C16H19NO3. The molecule has 1 atom stereocenters. The van der Waals surface area contributed by atoms with E-state index in [4.69, 9.17) is 15.2 Å². The van der Waals surface area contributed by atoms with Crippen LogP contribution in [-0.2, 0) is 14.3 Å². The van der Waals surface area contributed by atoms with Gasteiger partial charge in [-0.2, -0.15) is 0 Å². The SMILES string of the molecule is NC(=O)C(CC1CC1)C1=COC=C(C2=CC=CCC2)O1. The van der Waals surface area contributed by atoms with Crippen molar-refractivity contribution in [1.82, 2.24) is 0 Å². The Morgan fingerprint density at radius 2 is 2.25 bits per heavy atom. The summed E-state index contributed by atoms with van der Waals surface area (Å²) >= 11 is 0. The minimum atomic E-state index is -0.383. The highest BCUT2D eigenvalue weighted by Crippen LogP contribution is 2.39. The number of ether oxygens (including phenoxy) is 2. The summed E-state index contributed by atoms with van der Waals surface area (Å²) in [5.74, 6) is 1.10. The quantitative estimate of drug-likeness (QED) is 0.837. The van der Waals surface area contributed by atoms with E-state index in [-0.39, 0.29) is 11.8 Å². The first kappa shape index (κ1) is 13.0. The molecule has 3 rings (SSSR count). The van der Waals surface area contributed by atoms with Gasteiger partial charge in [-0.15, -0.1) is 0 Å². The van der Waals surface area contributed by atoms with Gasteiger partial charge in [-0.1, -0.05) is 31.1 Å². The van der Waals surface area contributed by atoms with Crippen molar-refractivity contribution in [3.63, 3.8) is 0 Å². The predicted octanol–water partition coefficient (Wildman–Crippen LogP) is 2.89. The van der Waals surface area contributed by atoms with E-state index in [9.17, 15) is 4.79 Å². The van der Waals surface area contributed by atoms with Gasteiger partial charge in [0.15, 0.2) is 11.5 Å². The Labute approximate surface area is 118 Å². The fourth-order valence-electron chi connectivity index (χ4n) is 2.50. The fourth-order valence-corrected chi connectivity index (χ4v) is 2.50. The average molecular weight is 273 g/mol. The van der Waals surface area contributed by atoms with Gasteiger partial charge in [0, 0.05) is 0 Å². The molecule has 4 nitrogen and oxygen atoms in total. The van der Waals surface area contributed by atoms with Crippen LogP contribution in [-0.4, -0.2) is 5.91 Å². The van der Waals surface area contributed by atoms with Crippen LogP contribution in [0.25, 0.3) is 0 Å². The van der Waals surface area contributed by atoms with E-state index in [2.05, 4.69) is 6.08 Å². The third kappa shape index (κ3) is 2.95. The number of hydrogen-bond acceptors (Lipinski definition) is 3. The second-order valence-corrected chi connectivity index (χ2v) is 5.53. The van der Waals surface area contributed by atoms with Crippen LogP contribution in [0.2, 0.25) is 0 Å². The summed E-state index contributed by atoms with van der Waals surface area (Å²) < 4.78 is 11.2. The molecule has 106 valence electrons. The van der Waals surface area contributed by atoms with E-state index in [0.717, 1.165) is 24.8 Å². The lowest BCUT2D eigenvalue weighted by Gasteiger charge is -2.23. The van der Waals surface area contributed by atoms with Gasteiger partial charge in [0.05, 0.1) is 5.92 Å². The Kier molecular flexibility index (Phi) is 3.63. The average Bonchev–Trinajstić information content (AvgIpc) is 3.30. The highest BCUT2D eigenvalue weighted by atomic mass is 16.5. The highest BCUT2D eigenvalue weighted by Gasteiger charge is 2.33. The van der Waals surface area contributed by atoms with E-state index in [1.54, 1.807) is 6.26 Å². The summed E-state index contributed by atoms with van der Waals surface area (Å²) in [4.78, 5) is 11.6. The first-order chi connectivity index (χ1) is 9.74. The van der Waals surface area contributed by atoms with Gasteiger partial charge < -0.3 is 15.2 Å². The van der Waals surface area contributed by atoms with Crippen LogP contribution in [0.4, 0.5) is 0 Å². The molecule has 1 fully saturated rings. The Balaban J connectivity index is 1.71. The van der Waals surface area contributed by atoms with Crippen molar-refractivity contribution in [1.29, 1.82) is 0 Å². The number of allylic oxidation sites excluding steroid dienone is 4. The van der Waals surface area contributed by atoms with Crippen LogP contribution >= 0.6 is 0 Å². The summed E-state index contributed by atoms with van der Waals surface area (Å²) in [6.07, 6.45) is 14.3. The van der Waals surface area contributed by atoms with Crippen LogP contribution in [0.1, 0.15) is 32.1 Å². The lowest BCUT2D eigenvalue weighted by molar-refractivity contribution is -0.122. The first-order valence-electron chi connectivity index (χ1n) is 7.13. The van der Waals surface area contributed by atoms with Crippen molar-refractivity contribution >= 4 is 5.91 Å². The van der Waals surface area contributed by atoms with Crippen molar-refractivity contribution in [3.8, 4) is 0 Å². The maximum Gasteiger partial charge on any atom is 0.228 e. The van der Waals surface area contributed by atoms with E-state index in [0.29, 0.717) is 17.4 Å². The van der Waals surface area contributed by atoms with Crippen molar-refractivity contribution in [3.05, 3.63) is 47.8 Å². The first-order valence-corrected chi connectivity index (χ1v) is 7.13. The molecule has 0 spiro atoms. The lowest BCUT2D eigenvalue weighted by atomic mass is 9.98. The molecule has 2 N–H and O–H groups in total. The van der Waals surface area contributed by atoms with Gasteiger partial charge in [-0.05, 0) is 30.8 Å². The number of carbonyl (C=O) groups excluding carboxylic acids is 1. The molecule has 0 radical (unpaired) electrons. The molecule has 3 aliphatic rings. The second-order valence-electron chi connectivity index (χ2n) is 5.53. The van der Waals surface area contributed by atoms with Crippen molar-refractivity contribution < 1.29 is 14.3 Å². The third-order valence-corrected chi connectivity index (χ3v) is 3.87. The van der Waals surface area contributed by atoms with Crippen molar-refractivity contribution in [2.24, 2.45) is 17.6 Å². The minimum Gasteiger partial charge on any atom is -0.465 e. The Bertz CT molecular complexity index is 524. The molecule has 4 heteroatoms. The van der Waals surface area contributed by atoms with Crippen LogP contribution in [0.5, 0.6) is 0 Å². The third-order valence-electron chi connectivity index (χ3n) is 3.87. The Morgan fingerprint density at radius 1 is 1.40 bits per heavy atom. The number of carbonyl (C=O) groups is 1. The molecule has 1 unspecified atom stereocenters. The van der Waals surface area contributed by atoms with Gasteiger partial charge >= 0.3 is 0 Å². The molecule has 2 aliphatic carbocycles. The Morgan fingerprint density at radius 3 is 2.90 bits per heavy atom. The molecule has 1 heterocycles. The number of primary amides is 1. The molecule has 0 aromatic carbocycles. The molecule has 1 amide bonds. The maximum atomic E-state index is 11.6. The Hall–Kier alpha value is -1.97. The minimum absolute atomic E-state index is 0.342. The predicted molar refractivity (Wildman–Crippen MR) is 74.8 cm³/mol. The maximum absolute atomic E-state index is 11.6. The van der Waals surface area contributed by atoms with E-state index in [1.807, 2.05) is 12.2 Å². The van der Waals surface area contributed by atoms with Gasteiger partial charge in [0.1, 0.15) is 12.5 Å². The summed E-state index contributed by atoms with van der Waals surface area (Å²) in [6.45, 7) is 0. The number of nitrogens with two attached hydrogens (primary N) is 1. The largest absolute Gasteiger partial charge is 0.465 e. The molecule has 0 saturated heterocycles.